The summed E-state index contributed by atoms with van der Waals surface area (Å²) < 4.78 is 10.6. The molecule has 1 rings (SSSR count). The molecule has 0 radical (unpaired) electrons. The van der Waals surface area contributed by atoms with Gasteiger partial charge in [-0.05, 0) is 13.3 Å². The highest BCUT2D eigenvalue weighted by Crippen LogP contribution is 2.19. The highest BCUT2D eigenvalue weighted by atomic mass is 16.6. The Morgan fingerprint density at radius 3 is 2.88 bits per heavy atom. The largest absolute Gasteiger partial charge is 0.376 e. The van der Waals surface area contributed by atoms with E-state index in [0.717, 1.165) is 0 Å². The van der Waals surface area contributed by atoms with E-state index in [9.17, 15) is 4.79 Å². The van der Waals surface area contributed by atoms with Gasteiger partial charge in [-0.3, -0.25) is 4.79 Å². The van der Waals surface area contributed by atoms with Crippen molar-refractivity contribution in [2.24, 2.45) is 5.41 Å². The van der Waals surface area contributed by atoms with Crippen molar-refractivity contribution in [3.63, 3.8) is 0 Å². The Labute approximate surface area is 95.7 Å². The average molecular weight is 226 g/mol. The monoisotopic (exact) mass is 226 g/mol. The van der Waals surface area contributed by atoms with E-state index < -0.39 is 5.41 Å². The fraction of sp³-hybridized carbons (Fsp3) is 0.818. The van der Waals surface area contributed by atoms with E-state index in [1.54, 1.807) is 6.92 Å². The van der Waals surface area contributed by atoms with Crippen LogP contribution in [0, 0.1) is 16.7 Å². The van der Waals surface area contributed by atoms with Crippen LogP contribution < -0.4 is 5.32 Å². The van der Waals surface area contributed by atoms with Crippen molar-refractivity contribution in [1.29, 1.82) is 5.26 Å². The first-order chi connectivity index (χ1) is 7.62. The summed E-state index contributed by atoms with van der Waals surface area (Å²) in [7, 11) is 0. The summed E-state index contributed by atoms with van der Waals surface area (Å²) in [5.74, 6) is -0.244. The van der Waals surface area contributed by atoms with Crippen LogP contribution in [0.1, 0.15) is 20.3 Å². The SMILES string of the molecule is CCC(C)(C#N)C(=O)NCC1COCCO1. The second kappa shape index (κ2) is 5.83. The first kappa shape index (κ1) is 12.9. The lowest BCUT2D eigenvalue weighted by atomic mass is 9.88. The van der Waals surface area contributed by atoms with Gasteiger partial charge in [-0.25, -0.2) is 0 Å². The first-order valence-corrected chi connectivity index (χ1v) is 5.51. The smallest absolute Gasteiger partial charge is 0.240 e. The lowest BCUT2D eigenvalue weighted by molar-refractivity contribution is -0.130. The highest BCUT2D eigenvalue weighted by Gasteiger charge is 2.31. The summed E-state index contributed by atoms with van der Waals surface area (Å²) in [6, 6.07) is 2.03. The second-order valence-corrected chi connectivity index (χ2v) is 4.08. The Hall–Kier alpha value is -1.12. The lowest BCUT2D eigenvalue weighted by Crippen LogP contribution is -2.44. The normalized spacial score (nSPS) is 24.2. The summed E-state index contributed by atoms with van der Waals surface area (Å²) >= 11 is 0. The fourth-order valence-corrected chi connectivity index (χ4v) is 1.35. The Balaban J connectivity index is 2.37. The summed E-state index contributed by atoms with van der Waals surface area (Å²) in [5.41, 5.74) is -0.949. The van der Waals surface area contributed by atoms with Gasteiger partial charge in [0.15, 0.2) is 0 Å². The van der Waals surface area contributed by atoms with Crippen molar-refractivity contribution < 1.29 is 14.3 Å². The number of hydrogen-bond acceptors (Lipinski definition) is 4. The van der Waals surface area contributed by atoms with Gasteiger partial charge in [0, 0.05) is 6.54 Å². The van der Waals surface area contributed by atoms with Crippen LogP contribution in [0.5, 0.6) is 0 Å². The van der Waals surface area contributed by atoms with Gasteiger partial charge in [-0.15, -0.1) is 0 Å². The zero-order valence-corrected chi connectivity index (χ0v) is 9.78. The Kier molecular flexibility index (Phi) is 4.71. The van der Waals surface area contributed by atoms with Gasteiger partial charge in [0.2, 0.25) is 5.91 Å². The van der Waals surface area contributed by atoms with Gasteiger partial charge in [0.1, 0.15) is 5.41 Å². The molecule has 2 unspecified atom stereocenters. The number of nitrogens with one attached hydrogen (secondary N) is 1. The third-order valence-corrected chi connectivity index (χ3v) is 2.83. The number of nitrogens with zero attached hydrogens (tertiary/aromatic N) is 1. The molecule has 0 aromatic rings. The molecule has 1 saturated heterocycles. The van der Waals surface area contributed by atoms with Crippen molar-refractivity contribution >= 4 is 5.91 Å². The van der Waals surface area contributed by atoms with E-state index in [2.05, 4.69) is 5.32 Å². The van der Waals surface area contributed by atoms with E-state index in [-0.39, 0.29) is 12.0 Å². The van der Waals surface area contributed by atoms with Gasteiger partial charge in [-0.1, -0.05) is 6.92 Å². The lowest BCUT2D eigenvalue weighted by Gasteiger charge is -2.25. The molecule has 0 saturated carbocycles. The number of carbonyl (C=O) groups excluding carboxylic acids is 1. The number of hydrogen-bond donors (Lipinski definition) is 1. The van der Waals surface area contributed by atoms with Gasteiger partial charge in [0.05, 0.1) is 32.0 Å². The molecule has 5 heteroatoms. The van der Waals surface area contributed by atoms with Gasteiger partial charge in [0.25, 0.3) is 0 Å². The minimum Gasteiger partial charge on any atom is -0.376 e. The Morgan fingerprint density at radius 2 is 2.38 bits per heavy atom. The molecule has 0 aliphatic carbocycles. The minimum atomic E-state index is -0.949. The molecule has 1 fully saturated rings. The van der Waals surface area contributed by atoms with Crippen molar-refractivity contribution in [3.8, 4) is 6.07 Å². The van der Waals surface area contributed by atoms with Gasteiger partial charge < -0.3 is 14.8 Å². The quantitative estimate of drug-likeness (QED) is 0.756. The van der Waals surface area contributed by atoms with E-state index in [1.165, 1.54) is 0 Å². The summed E-state index contributed by atoms with van der Waals surface area (Å²) in [6.07, 6.45) is 0.398. The molecule has 5 nitrogen and oxygen atoms in total. The van der Waals surface area contributed by atoms with Crippen molar-refractivity contribution in [1.82, 2.24) is 5.32 Å². The average Bonchev–Trinajstić information content (AvgIpc) is 2.36. The van der Waals surface area contributed by atoms with E-state index in [4.69, 9.17) is 14.7 Å². The van der Waals surface area contributed by atoms with Crippen LogP contribution in [0.2, 0.25) is 0 Å². The number of ether oxygens (including phenoxy) is 2. The third kappa shape index (κ3) is 3.19. The zero-order valence-electron chi connectivity index (χ0n) is 9.78. The maximum Gasteiger partial charge on any atom is 0.240 e. The molecular formula is C11H18N2O3. The van der Waals surface area contributed by atoms with Crippen LogP contribution in [-0.2, 0) is 14.3 Å². The Bertz CT molecular complexity index is 281. The van der Waals surface area contributed by atoms with Crippen molar-refractivity contribution in [2.45, 2.75) is 26.4 Å². The summed E-state index contributed by atoms with van der Waals surface area (Å²) in [5, 5.41) is 11.7. The standard InChI is InChI=1S/C11H18N2O3/c1-3-11(2,8-12)10(14)13-6-9-7-15-4-5-16-9/h9H,3-7H2,1-2H3,(H,13,14). The molecule has 0 aromatic heterocycles. The Morgan fingerprint density at radius 1 is 1.62 bits per heavy atom. The molecule has 1 N–H and O–H groups in total. The van der Waals surface area contributed by atoms with Crippen LogP contribution in [0.4, 0.5) is 0 Å². The van der Waals surface area contributed by atoms with E-state index >= 15 is 0 Å². The number of nitriles is 1. The molecule has 0 spiro atoms. The van der Waals surface area contributed by atoms with Gasteiger partial charge >= 0.3 is 0 Å². The number of amides is 1. The molecule has 1 aliphatic rings. The second-order valence-electron chi connectivity index (χ2n) is 4.08. The maximum atomic E-state index is 11.7. The van der Waals surface area contributed by atoms with Gasteiger partial charge in [-0.2, -0.15) is 5.26 Å². The fourth-order valence-electron chi connectivity index (χ4n) is 1.35. The van der Waals surface area contributed by atoms with Crippen LogP contribution in [-0.4, -0.2) is 38.4 Å². The summed E-state index contributed by atoms with van der Waals surface area (Å²) in [6.45, 7) is 5.52. The molecule has 1 amide bonds. The van der Waals surface area contributed by atoms with Crippen molar-refractivity contribution in [2.75, 3.05) is 26.4 Å². The number of rotatable bonds is 4. The molecule has 16 heavy (non-hydrogen) atoms. The van der Waals surface area contributed by atoms with Crippen LogP contribution >= 0.6 is 0 Å². The topological polar surface area (TPSA) is 71.4 Å². The molecule has 2 atom stereocenters. The molecule has 0 bridgehead atoms. The third-order valence-electron chi connectivity index (χ3n) is 2.83. The van der Waals surface area contributed by atoms with Crippen molar-refractivity contribution in [3.05, 3.63) is 0 Å². The highest BCUT2D eigenvalue weighted by molar-refractivity contribution is 5.84. The molecule has 0 aromatic carbocycles. The van der Waals surface area contributed by atoms with Crippen LogP contribution in [0.3, 0.4) is 0 Å². The molecule has 1 aliphatic heterocycles. The van der Waals surface area contributed by atoms with E-state index in [1.807, 2.05) is 13.0 Å². The molecular weight excluding hydrogens is 208 g/mol. The van der Waals surface area contributed by atoms with E-state index in [0.29, 0.717) is 32.8 Å². The predicted octanol–water partition coefficient (Wildman–Crippen LogP) is 0.458. The first-order valence-electron chi connectivity index (χ1n) is 5.51. The molecule has 1 heterocycles. The maximum absolute atomic E-state index is 11.7. The molecule has 90 valence electrons. The minimum absolute atomic E-state index is 0.0995. The number of carbonyl (C=O) groups is 1. The van der Waals surface area contributed by atoms with Crippen LogP contribution in [0.15, 0.2) is 0 Å². The van der Waals surface area contributed by atoms with Crippen LogP contribution in [0.25, 0.3) is 0 Å². The zero-order chi connectivity index (χ0) is 12.0. The summed E-state index contributed by atoms with van der Waals surface area (Å²) in [4.78, 5) is 11.7. The predicted molar refractivity (Wildman–Crippen MR) is 57.6 cm³/mol.